The SMILES string of the molecule is CCCCN1C(=O)c2c(C#Cc3ccc([N+](=O)[O-])cc3)c(C#Cc3ccc([N+](=O)[O-])cc3)cc3cc(C#Cc4ccc([N+](=O)[O-])cc4)c(C#Cc4ccc([N+](=O)[O-])cc4)c(c23)C1=O. The van der Waals surface area contributed by atoms with E-state index in [1.807, 2.05) is 6.92 Å². The molecule has 0 bridgehead atoms. The Morgan fingerprint density at radius 1 is 0.460 bits per heavy atom. The first kappa shape index (κ1) is 41.7. The predicted molar refractivity (Wildman–Crippen MR) is 231 cm³/mol. The van der Waals surface area contributed by atoms with Crippen LogP contribution in [0.25, 0.3) is 10.8 Å². The van der Waals surface area contributed by atoms with Crippen molar-refractivity contribution in [2.75, 3.05) is 6.54 Å². The lowest BCUT2D eigenvalue weighted by Crippen LogP contribution is -2.42. The van der Waals surface area contributed by atoms with E-state index in [2.05, 4.69) is 47.4 Å². The first-order valence-electron chi connectivity index (χ1n) is 18.9. The first-order chi connectivity index (χ1) is 30.3. The topological polar surface area (TPSA) is 210 Å². The quantitative estimate of drug-likeness (QED) is 0.0648. The highest BCUT2D eigenvalue weighted by atomic mass is 16.6. The third-order valence-electron chi connectivity index (χ3n) is 9.74. The van der Waals surface area contributed by atoms with Gasteiger partial charge < -0.3 is 0 Å². The molecule has 0 fully saturated rings. The average molecular weight is 834 g/mol. The van der Waals surface area contributed by atoms with Crippen molar-refractivity contribution in [3.63, 3.8) is 0 Å². The Kier molecular flexibility index (Phi) is 11.8. The van der Waals surface area contributed by atoms with E-state index in [4.69, 9.17) is 0 Å². The van der Waals surface area contributed by atoms with Crippen LogP contribution < -0.4 is 0 Å². The van der Waals surface area contributed by atoms with Gasteiger partial charge in [-0.1, -0.05) is 60.7 Å². The van der Waals surface area contributed by atoms with Crippen molar-refractivity contribution in [1.29, 1.82) is 0 Å². The third-order valence-corrected chi connectivity index (χ3v) is 9.74. The molecule has 0 atom stereocenters. The Hall–Kier alpha value is -9.44. The fourth-order valence-electron chi connectivity index (χ4n) is 6.55. The first-order valence-corrected chi connectivity index (χ1v) is 18.9. The van der Waals surface area contributed by atoms with Crippen LogP contribution in [-0.2, 0) is 0 Å². The van der Waals surface area contributed by atoms with Gasteiger partial charge in [0.1, 0.15) is 0 Å². The van der Waals surface area contributed by atoms with E-state index in [9.17, 15) is 50.0 Å². The minimum Gasteiger partial charge on any atom is -0.274 e. The summed E-state index contributed by atoms with van der Waals surface area (Å²) in [4.78, 5) is 73.7. The van der Waals surface area contributed by atoms with Crippen LogP contribution in [0.2, 0.25) is 0 Å². The molecule has 6 aromatic rings. The average Bonchev–Trinajstić information content (AvgIpc) is 3.28. The summed E-state index contributed by atoms with van der Waals surface area (Å²) < 4.78 is 0. The Morgan fingerprint density at radius 3 is 1.05 bits per heavy atom. The van der Waals surface area contributed by atoms with E-state index in [0.717, 1.165) is 4.90 Å². The summed E-state index contributed by atoms with van der Waals surface area (Å²) >= 11 is 0. The van der Waals surface area contributed by atoms with Crippen LogP contribution in [0.3, 0.4) is 0 Å². The van der Waals surface area contributed by atoms with Gasteiger partial charge in [-0.05, 0) is 72.5 Å². The number of nitro groups is 4. The summed E-state index contributed by atoms with van der Waals surface area (Å²) in [5.41, 5.74) is 1.78. The highest BCUT2D eigenvalue weighted by molar-refractivity contribution is 6.28. The van der Waals surface area contributed by atoms with Crippen molar-refractivity contribution < 1.29 is 29.3 Å². The number of nitro benzene ring substituents is 4. The van der Waals surface area contributed by atoms with Gasteiger partial charge in [0, 0.05) is 93.8 Å². The maximum atomic E-state index is 14.7. The van der Waals surface area contributed by atoms with Crippen LogP contribution in [0.1, 0.15) is 85.0 Å². The zero-order valence-corrected chi connectivity index (χ0v) is 32.8. The monoisotopic (exact) mass is 833 g/mol. The summed E-state index contributed by atoms with van der Waals surface area (Å²) in [6.07, 6.45) is 1.07. The van der Waals surface area contributed by atoms with Gasteiger partial charge in [-0.15, -0.1) is 0 Å². The lowest BCUT2D eigenvalue weighted by molar-refractivity contribution is -0.385. The number of nitrogens with zero attached hydrogens (tertiary/aromatic N) is 5. The molecule has 1 aliphatic rings. The number of rotatable bonds is 7. The number of non-ortho nitro benzene ring substituents is 4. The van der Waals surface area contributed by atoms with Gasteiger partial charge in [0.2, 0.25) is 0 Å². The number of amides is 2. The molecular formula is C48H27N5O10. The molecule has 1 heterocycles. The number of carbonyl (C=O) groups excluding carboxylic acids is 2. The molecule has 15 nitrogen and oxygen atoms in total. The second kappa shape index (κ2) is 17.8. The summed E-state index contributed by atoms with van der Waals surface area (Å²) in [5, 5.41) is 45.9. The van der Waals surface area contributed by atoms with Crippen molar-refractivity contribution >= 4 is 45.3 Å². The van der Waals surface area contributed by atoms with Gasteiger partial charge in [-0.2, -0.15) is 0 Å². The van der Waals surface area contributed by atoms with Crippen LogP contribution in [0.4, 0.5) is 22.7 Å². The minimum absolute atomic E-state index is 0.0247. The minimum atomic E-state index is -0.656. The lowest BCUT2D eigenvalue weighted by atomic mass is 9.83. The lowest BCUT2D eigenvalue weighted by Gasteiger charge is -2.29. The van der Waals surface area contributed by atoms with Crippen molar-refractivity contribution in [2.45, 2.75) is 19.8 Å². The molecule has 0 N–H and O–H groups in total. The summed E-state index contributed by atoms with van der Waals surface area (Å²) in [6.45, 7) is 1.92. The fourth-order valence-corrected chi connectivity index (χ4v) is 6.55. The van der Waals surface area contributed by atoms with Gasteiger partial charge in [-0.3, -0.25) is 54.9 Å². The molecule has 0 saturated carbocycles. The Balaban J connectivity index is 1.55. The van der Waals surface area contributed by atoms with Crippen LogP contribution in [-0.4, -0.2) is 43.0 Å². The van der Waals surface area contributed by atoms with Crippen LogP contribution in [0.15, 0.2) is 109 Å². The van der Waals surface area contributed by atoms with Crippen molar-refractivity contribution in [3.8, 4) is 47.4 Å². The van der Waals surface area contributed by atoms with Crippen LogP contribution in [0, 0.1) is 87.8 Å². The fraction of sp³-hybridized carbons (Fsp3) is 0.0833. The molecule has 6 aromatic carbocycles. The highest BCUT2D eigenvalue weighted by Gasteiger charge is 2.37. The highest BCUT2D eigenvalue weighted by Crippen LogP contribution is 2.38. The van der Waals surface area contributed by atoms with Crippen molar-refractivity contribution in [1.82, 2.24) is 4.90 Å². The van der Waals surface area contributed by atoms with E-state index >= 15 is 0 Å². The van der Waals surface area contributed by atoms with Gasteiger partial charge in [-0.25, -0.2) is 0 Å². The Morgan fingerprint density at radius 2 is 0.762 bits per heavy atom. The molecule has 0 aliphatic carbocycles. The third kappa shape index (κ3) is 8.94. The molecule has 7 rings (SSSR count). The van der Waals surface area contributed by atoms with E-state index < -0.39 is 31.5 Å². The summed E-state index contributed by atoms with van der Waals surface area (Å²) in [5.74, 6) is 22.9. The van der Waals surface area contributed by atoms with E-state index in [1.165, 1.54) is 97.1 Å². The molecule has 15 heteroatoms. The van der Waals surface area contributed by atoms with Gasteiger partial charge in [0.15, 0.2) is 0 Å². The second-order valence-corrected chi connectivity index (χ2v) is 13.8. The number of hydrogen-bond acceptors (Lipinski definition) is 10. The largest absolute Gasteiger partial charge is 0.274 e. The number of unbranched alkanes of at least 4 members (excludes halogenated alkanes) is 1. The van der Waals surface area contributed by atoms with Gasteiger partial charge in [0.25, 0.3) is 34.6 Å². The van der Waals surface area contributed by atoms with Crippen molar-refractivity contribution in [2.24, 2.45) is 0 Å². The number of carbonyl (C=O) groups is 2. The number of imide groups is 1. The zero-order chi connectivity index (χ0) is 44.8. The smallest absolute Gasteiger partial charge is 0.269 e. The molecule has 0 spiro atoms. The molecule has 304 valence electrons. The molecular weight excluding hydrogens is 807 g/mol. The maximum Gasteiger partial charge on any atom is 0.269 e. The molecule has 0 radical (unpaired) electrons. The molecule has 0 aromatic heterocycles. The van der Waals surface area contributed by atoms with Gasteiger partial charge >= 0.3 is 0 Å². The van der Waals surface area contributed by atoms with Gasteiger partial charge in [0.05, 0.1) is 41.9 Å². The van der Waals surface area contributed by atoms with Crippen LogP contribution in [0.5, 0.6) is 0 Å². The second-order valence-electron chi connectivity index (χ2n) is 13.8. The Labute approximate surface area is 357 Å². The standard InChI is InChI=1S/C48H27N5O10/c1-2-3-28-49-47(54)45-42(26-14-33-10-22-40(23-11-33)52(60)61)35(16-4-31-6-18-38(19-7-31)50(56)57)29-37-30-36(17-5-32-8-20-39(21-9-32)51(58)59)43(46(44(37)45)48(49)55)27-15-34-12-24-41(25-13-34)53(62)63/h6-13,18-25,29-30H,2-3,28H2,1H3. The summed E-state index contributed by atoms with van der Waals surface area (Å²) in [7, 11) is 0. The molecule has 0 saturated heterocycles. The Bertz CT molecular complexity index is 3000. The van der Waals surface area contributed by atoms with E-state index in [-0.39, 0.29) is 68.1 Å². The predicted octanol–water partition coefficient (Wildman–Crippen LogP) is 8.47. The molecule has 63 heavy (non-hydrogen) atoms. The molecule has 2 amide bonds. The molecule has 1 aliphatic heterocycles. The van der Waals surface area contributed by atoms with Crippen molar-refractivity contribution in [3.05, 3.63) is 205 Å². The summed E-state index contributed by atoms with van der Waals surface area (Å²) in [6, 6.07) is 25.3. The molecule has 0 unspecified atom stereocenters. The number of hydrogen-bond donors (Lipinski definition) is 0. The zero-order valence-electron chi connectivity index (χ0n) is 32.8. The number of benzene rings is 6. The van der Waals surface area contributed by atoms with E-state index in [1.54, 1.807) is 12.1 Å². The normalized spacial score (nSPS) is 11.2. The van der Waals surface area contributed by atoms with Crippen LogP contribution >= 0.6 is 0 Å². The van der Waals surface area contributed by atoms with E-state index in [0.29, 0.717) is 40.5 Å². The maximum absolute atomic E-state index is 14.7.